The molecule has 2 amide bonds. The second-order valence-electron chi connectivity index (χ2n) is 5.21. The van der Waals surface area contributed by atoms with Crippen LogP contribution in [0.4, 0.5) is 4.39 Å². The molecule has 1 unspecified atom stereocenters. The number of hydrogen-bond donors (Lipinski definition) is 2. The van der Waals surface area contributed by atoms with Crippen molar-refractivity contribution in [3.63, 3.8) is 0 Å². The van der Waals surface area contributed by atoms with Crippen molar-refractivity contribution in [2.45, 2.75) is 10.1 Å². The number of thiophene rings is 1. The first-order valence-electron chi connectivity index (χ1n) is 7.56. The Labute approximate surface area is 154 Å². The highest BCUT2D eigenvalue weighted by Gasteiger charge is 2.31. The van der Waals surface area contributed by atoms with Gasteiger partial charge in [-0.3, -0.25) is 9.59 Å². The quantitative estimate of drug-likeness (QED) is 0.424. The van der Waals surface area contributed by atoms with Gasteiger partial charge in [0.2, 0.25) is 0 Å². The van der Waals surface area contributed by atoms with E-state index in [1.165, 1.54) is 29.5 Å². The van der Waals surface area contributed by atoms with Crippen LogP contribution in [0.5, 0.6) is 0 Å². The van der Waals surface area contributed by atoms with E-state index < -0.39 is 32.7 Å². The summed E-state index contributed by atoms with van der Waals surface area (Å²) in [6.45, 7) is 3.25. The number of hydrogen-bond acceptors (Lipinski definition) is 5. The van der Waals surface area contributed by atoms with E-state index in [4.69, 9.17) is 0 Å². The fourth-order valence-corrected chi connectivity index (χ4v) is 4.92. The average molecular weight is 396 g/mol. The Morgan fingerprint density at radius 1 is 1.15 bits per heavy atom. The number of nitrogens with one attached hydrogen (secondary N) is 2. The Hall–Kier alpha value is -2.52. The molecule has 0 aliphatic carbocycles. The third-order valence-electron chi connectivity index (χ3n) is 3.44. The van der Waals surface area contributed by atoms with E-state index in [-0.39, 0.29) is 18.0 Å². The Morgan fingerprint density at radius 3 is 2.38 bits per heavy atom. The number of sulfone groups is 1. The minimum Gasteiger partial charge on any atom is -0.346 e. The number of carbonyl (C=O) groups excluding carboxylic acids is 2. The standard InChI is InChI=1S/C17H17FN2O4S2/c1-2-9-19-16(21)17(22)20-11-15(14-4-3-10-25-14)26(23,24)13-7-5-12(18)6-8-13/h2-8,10,15H,1,9,11H2,(H,19,21)(H,20,22). The Morgan fingerprint density at radius 2 is 1.81 bits per heavy atom. The van der Waals surface area contributed by atoms with E-state index in [0.717, 1.165) is 12.1 Å². The first-order chi connectivity index (χ1) is 12.4. The lowest BCUT2D eigenvalue weighted by atomic mass is 10.3. The van der Waals surface area contributed by atoms with E-state index in [1.54, 1.807) is 17.5 Å². The van der Waals surface area contributed by atoms with Gasteiger partial charge in [0, 0.05) is 18.0 Å². The molecular formula is C17H17FN2O4S2. The van der Waals surface area contributed by atoms with E-state index in [9.17, 15) is 22.4 Å². The first-order valence-corrected chi connectivity index (χ1v) is 9.98. The SMILES string of the molecule is C=CCNC(=O)C(=O)NCC(c1cccs1)S(=O)(=O)c1ccc(F)cc1. The molecule has 0 aliphatic rings. The minimum atomic E-state index is -3.90. The van der Waals surface area contributed by atoms with E-state index in [1.807, 2.05) is 0 Å². The van der Waals surface area contributed by atoms with Crippen LogP contribution in [-0.4, -0.2) is 33.3 Å². The van der Waals surface area contributed by atoms with Crippen molar-refractivity contribution in [3.05, 3.63) is 65.1 Å². The normalized spacial score (nSPS) is 12.2. The van der Waals surface area contributed by atoms with E-state index >= 15 is 0 Å². The molecule has 2 rings (SSSR count). The topological polar surface area (TPSA) is 92.3 Å². The molecule has 1 atom stereocenters. The van der Waals surface area contributed by atoms with Gasteiger partial charge < -0.3 is 10.6 Å². The van der Waals surface area contributed by atoms with E-state index in [2.05, 4.69) is 17.2 Å². The van der Waals surface area contributed by atoms with E-state index in [0.29, 0.717) is 4.88 Å². The molecular weight excluding hydrogens is 379 g/mol. The third-order valence-corrected chi connectivity index (χ3v) is 6.67. The highest BCUT2D eigenvalue weighted by molar-refractivity contribution is 7.91. The minimum absolute atomic E-state index is 0.0670. The molecule has 1 aromatic carbocycles. The maximum Gasteiger partial charge on any atom is 0.309 e. The summed E-state index contributed by atoms with van der Waals surface area (Å²) in [6, 6.07) is 7.76. The summed E-state index contributed by atoms with van der Waals surface area (Å²) in [5.74, 6) is -2.37. The van der Waals surface area contributed by atoms with Gasteiger partial charge in [-0.15, -0.1) is 17.9 Å². The van der Waals surface area contributed by atoms with Gasteiger partial charge in [-0.2, -0.15) is 0 Å². The summed E-state index contributed by atoms with van der Waals surface area (Å²) in [5.41, 5.74) is 0. The second-order valence-corrected chi connectivity index (χ2v) is 8.32. The van der Waals surface area contributed by atoms with Gasteiger partial charge >= 0.3 is 11.8 Å². The maximum absolute atomic E-state index is 13.1. The van der Waals surface area contributed by atoms with Crippen molar-refractivity contribution in [2.24, 2.45) is 0 Å². The van der Waals surface area contributed by atoms with Crippen molar-refractivity contribution in [2.75, 3.05) is 13.1 Å². The van der Waals surface area contributed by atoms with Gasteiger partial charge in [0.25, 0.3) is 0 Å². The van der Waals surface area contributed by atoms with Crippen LogP contribution in [0.15, 0.2) is 59.3 Å². The molecule has 6 nitrogen and oxygen atoms in total. The van der Waals surface area contributed by atoms with Crippen molar-refractivity contribution < 1.29 is 22.4 Å². The fraction of sp³-hybridized carbons (Fsp3) is 0.176. The van der Waals surface area contributed by atoms with Crippen molar-refractivity contribution in [1.82, 2.24) is 10.6 Å². The first kappa shape index (κ1) is 19.8. The van der Waals surface area contributed by atoms with Crippen molar-refractivity contribution in [1.29, 1.82) is 0 Å². The van der Waals surface area contributed by atoms with Gasteiger partial charge in [-0.25, -0.2) is 12.8 Å². The Balaban J connectivity index is 2.22. The van der Waals surface area contributed by atoms with Crippen LogP contribution >= 0.6 is 11.3 Å². The number of amides is 2. The molecule has 26 heavy (non-hydrogen) atoms. The van der Waals surface area contributed by atoms with Gasteiger partial charge in [0.1, 0.15) is 11.1 Å². The monoisotopic (exact) mass is 396 g/mol. The lowest BCUT2D eigenvalue weighted by molar-refractivity contribution is -0.139. The summed E-state index contributed by atoms with van der Waals surface area (Å²) < 4.78 is 38.9. The molecule has 1 heterocycles. The van der Waals surface area contributed by atoms with Crippen molar-refractivity contribution >= 4 is 33.0 Å². The molecule has 1 aromatic heterocycles. The lowest BCUT2D eigenvalue weighted by Crippen LogP contribution is -2.42. The number of rotatable bonds is 7. The van der Waals surface area contributed by atoms with Crippen LogP contribution in [-0.2, 0) is 19.4 Å². The zero-order valence-electron chi connectivity index (χ0n) is 13.6. The van der Waals surface area contributed by atoms with Gasteiger partial charge in [-0.1, -0.05) is 12.1 Å². The largest absolute Gasteiger partial charge is 0.346 e. The van der Waals surface area contributed by atoms with Gasteiger partial charge in [-0.05, 0) is 35.7 Å². The summed E-state index contributed by atoms with van der Waals surface area (Å²) in [5, 5.41) is 5.26. The summed E-state index contributed by atoms with van der Waals surface area (Å²) in [7, 11) is -3.90. The van der Waals surface area contributed by atoms with Crippen LogP contribution in [0.1, 0.15) is 10.1 Å². The number of benzene rings is 1. The van der Waals surface area contributed by atoms with Gasteiger partial charge in [0.15, 0.2) is 9.84 Å². The zero-order chi connectivity index (χ0) is 19.2. The van der Waals surface area contributed by atoms with Crippen LogP contribution < -0.4 is 10.6 Å². The molecule has 0 saturated carbocycles. The molecule has 0 radical (unpaired) electrons. The molecule has 2 aromatic rings. The average Bonchev–Trinajstić information content (AvgIpc) is 3.14. The molecule has 0 fully saturated rings. The maximum atomic E-state index is 13.1. The Kier molecular flexibility index (Phi) is 6.64. The predicted octanol–water partition coefficient (Wildman–Crippen LogP) is 1.82. The van der Waals surface area contributed by atoms with Crippen LogP contribution in [0, 0.1) is 5.82 Å². The molecule has 0 saturated heterocycles. The van der Waals surface area contributed by atoms with Crippen LogP contribution in [0.25, 0.3) is 0 Å². The fourth-order valence-electron chi connectivity index (χ4n) is 2.14. The smallest absolute Gasteiger partial charge is 0.309 e. The summed E-state index contributed by atoms with van der Waals surface area (Å²) in [4.78, 5) is 23.9. The van der Waals surface area contributed by atoms with Crippen LogP contribution in [0.3, 0.4) is 0 Å². The number of halogens is 1. The highest BCUT2D eigenvalue weighted by Crippen LogP contribution is 2.31. The van der Waals surface area contributed by atoms with Gasteiger partial charge in [0.05, 0.1) is 4.90 Å². The lowest BCUT2D eigenvalue weighted by Gasteiger charge is -2.17. The molecule has 0 bridgehead atoms. The molecule has 138 valence electrons. The Bertz CT molecular complexity index is 878. The zero-order valence-corrected chi connectivity index (χ0v) is 15.3. The summed E-state index contributed by atoms with van der Waals surface area (Å²) >= 11 is 1.21. The number of carbonyl (C=O) groups is 2. The second kappa shape index (κ2) is 8.72. The summed E-state index contributed by atoms with van der Waals surface area (Å²) in [6.07, 6.45) is 1.42. The third kappa shape index (κ3) is 4.77. The highest BCUT2D eigenvalue weighted by atomic mass is 32.2. The molecule has 0 spiro atoms. The van der Waals surface area contributed by atoms with Crippen LogP contribution in [0.2, 0.25) is 0 Å². The van der Waals surface area contributed by atoms with Crippen molar-refractivity contribution in [3.8, 4) is 0 Å². The predicted molar refractivity (Wildman–Crippen MR) is 96.9 cm³/mol. The molecule has 2 N–H and O–H groups in total. The molecule has 0 aliphatic heterocycles. The molecule has 9 heteroatoms.